The first-order chi connectivity index (χ1) is 13.7. The van der Waals surface area contributed by atoms with Crippen LogP contribution in [0.4, 0.5) is 11.5 Å². The molecule has 0 aliphatic carbocycles. The summed E-state index contributed by atoms with van der Waals surface area (Å²) >= 11 is 1.41. The van der Waals surface area contributed by atoms with Crippen molar-refractivity contribution in [3.63, 3.8) is 0 Å². The molecule has 3 aromatic heterocycles. The van der Waals surface area contributed by atoms with Gasteiger partial charge in [0, 0.05) is 36.2 Å². The van der Waals surface area contributed by atoms with E-state index in [1.807, 2.05) is 36.6 Å². The number of anilines is 2. The van der Waals surface area contributed by atoms with Gasteiger partial charge in [0.25, 0.3) is 5.91 Å². The Hall–Kier alpha value is -3.46. The maximum Gasteiger partial charge on any atom is 0.256 e. The molecule has 0 unspecified atom stereocenters. The third-order valence-electron chi connectivity index (χ3n) is 4.07. The molecule has 4 aromatic rings. The predicted octanol–water partition coefficient (Wildman–Crippen LogP) is 3.14. The van der Waals surface area contributed by atoms with Crippen molar-refractivity contribution < 1.29 is 4.79 Å². The second-order valence-electron chi connectivity index (χ2n) is 5.96. The van der Waals surface area contributed by atoms with Crippen LogP contribution in [-0.4, -0.2) is 37.3 Å². The van der Waals surface area contributed by atoms with Crippen molar-refractivity contribution in [3.8, 4) is 0 Å². The number of aromatic nitrogens is 5. The van der Waals surface area contributed by atoms with Crippen LogP contribution in [0.1, 0.15) is 15.9 Å². The number of nitrogens with one attached hydrogen (secondary N) is 3. The van der Waals surface area contributed by atoms with Gasteiger partial charge in [-0.3, -0.25) is 14.9 Å². The van der Waals surface area contributed by atoms with E-state index in [9.17, 15) is 4.79 Å². The molecule has 0 saturated heterocycles. The molecule has 0 saturated carbocycles. The highest BCUT2D eigenvalue weighted by atomic mass is 32.2. The Morgan fingerprint density at radius 3 is 2.96 bits per heavy atom. The molecule has 0 aliphatic heterocycles. The molecule has 1 amide bonds. The fraction of sp³-hybridized carbons (Fsp3) is 0.105. The topological polar surface area (TPSA) is 108 Å². The number of carbonyl (C=O) groups is 1. The van der Waals surface area contributed by atoms with E-state index in [-0.39, 0.29) is 5.91 Å². The molecule has 3 N–H and O–H groups in total. The average Bonchev–Trinajstić information content (AvgIpc) is 3.20. The zero-order valence-corrected chi connectivity index (χ0v) is 15.8. The van der Waals surface area contributed by atoms with Crippen LogP contribution < -0.4 is 10.6 Å². The minimum Gasteiger partial charge on any atom is -0.348 e. The summed E-state index contributed by atoms with van der Waals surface area (Å²) in [5, 5.41) is 14.6. The lowest BCUT2D eigenvalue weighted by atomic mass is 10.2. The minimum absolute atomic E-state index is 0.262. The maximum atomic E-state index is 12.7. The first kappa shape index (κ1) is 17.9. The summed E-state index contributed by atoms with van der Waals surface area (Å²) in [6.07, 6.45) is 8.59. The molecular weight excluding hydrogens is 374 g/mol. The molecule has 0 fully saturated rings. The third-order valence-corrected chi connectivity index (χ3v) is 4.64. The van der Waals surface area contributed by atoms with Crippen LogP contribution in [0, 0.1) is 0 Å². The van der Waals surface area contributed by atoms with Gasteiger partial charge in [-0.25, -0.2) is 9.97 Å². The summed E-state index contributed by atoms with van der Waals surface area (Å²) < 4.78 is 0. The molecule has 8 nitrogen and oxygen atoms in total. The number of rotatable bonds is 6. The second kappa shape index (κ2) is 8.05. The predicted molar refractivity (Wildman–Crippen MR) is 109 cm³/mol. The van der Waals surface area contributed by atoms with E-state index >= 15 is 0 Å². The number of hydrogen-bond donors (Lipinski definition) is 3. The van der Waals surface area contributed by atoms with Gasteiger partial charge in [0.1, 0.15) is 11.4 Å². The van der Waals surface area contributed by atoms with Crippen LogP contribution in [0.5, 0.6) is 0 Å². The SMILES string of the molecule is CSc1ncc(C(=O)NCc2cccnc2)c(Nc2ccc3cn[nH]c3c2)n1. The summed E-state index contributed by atoms with van der Waals surface area (Å²) in [7, 11) is 0. The number of carbonyl (C=O) groups excluding carboxylic acids is 1. The molecule has 0 bridgehead atoms. The Morgan fingerprint density at radius 2 is 2.14 bits per heavy atom. The van der Waals surface area contributed by atoms with Gasteiger partial charge >= 0.3 is 0 Å². The van der Waals surface area contributed by atoms with Gasteiger partial charge in [0.2, 0.25) is 0 Å². The normalized spacial score (nSPS) is 10.8. The number of nitrogens with zero attached hydrogens (tertiary/aromatic N) is 4. The lowest BCUT2D eigenvalue weighted by Gasteiger charge is -2.12. The number of thioether (sulfide) groups is 1. The third kappa shape index (κ3) is 3.94. The molecule has 0 atom stereocenters. The second-order valence-corrected chi connectivity index (χ2v) is 6.73. The zero-order chi connectivity index (χ0) is 19.3. The van der Waals surface area contributed by atoms with Crippen molar-refractivity contribution >= 4 is 40.1 Å². The highest BCUT2D eigenvalue weighted by molar-refractivity contribution is 7.98. The van der Waals surface area contributed by atoms with Crippen molar-refractivity contribution in [1.82, 2.24) is 30.5 Å². The van der Waals surface area contributed by atoms with E-state index in [2.05, 4.69) is 35.8 Å². The summed E-state index contributed by atoms with van der Waals surface area (Å²) in [6, 6.07) is 9.51. The van der Waals surface area contributed by atoms with E-state index in [1.54, 1.807) is 18.6 Å². The maximum absolute atomic E-state index is 12.7. The molecule has 4 rings (SSSR count). The largest absolute Gasteiger partial charge is 0.348 e. The number of fused-ring (bicyclic) bond motifs is 1. The van der Waals surface area contributed by atoms with Crippen molar-refractivity contribution in [3.05, 3.63) is 66.2 Å². The molecule has 0 aliphatic rings. The molecule has 28 heavy (non-hydrogen) atoms. The summed E-state index contributed by atoms with van der Waals surface area (Å²) in [5.41, 5.74) is 2.97. The standard InChI is InChI=1S/C19H17N7OS/c1-28-19-22-11-15(18(27)21-9-12-3-2-6-20-8-12)17(25-19)24-14-5-4-13-10-23-26-16(13)7-14/h2-8,10-11H,9H2,1H3,(H,21,27)(H,23,26)(H,22,24,25). The fourth-order valence-corrected chi connectivity index (χ4v) is 3.00. The molecule has 1 aromatic carbocycles. The first-order valence-electron chi connectivity index (χ1n) is 8.51. The van der Waals surface area contributed by atoms with Crippen molar-refractivity contribution in [2.24, 2.45) is 0 Å². The van der Waals surface area contributed by atoms with E-state index in [1.165, 1.54) is 18.0 Å². The molecule has 140 valence electrons. The highest BCUT2D eigenvalue weighted by Crippen LogP contribution is 2.23. The van der Waals surface area contributed by atoms with Gasteiger partial charge in [-0.1, -0.05) is 17.8 Å². The van der Waals surface area contributed by atoms with Crippen molar-refractivity contribution in [2.75, 3.05) is 11.6 Å². The Labute approximate surface area is 165 Å². The van der Waals surface area contributed by atoms with Gasteiger partial charge in [0.05, 0.1) is 11.7 Å². The quantitative estimate of drug-likeness (QED) is 0.342. The van der Waals surface area contributed by atoms with Crippen LogP contribution >= 0.6 is 11.8 Å². The van der Waals surface area contributed by atoms with Gasteiger partial charge in [-0.05, 0) is 36.1 Å². The summed E-state index contributed by atoms with van der Waals surface area (Å²) in [5.74, 6) is 0.184. The number of pyridine rings is 1. The number of hydrogen-bond acceptors (Lipinski definition) is 7. The van der Waals surface area contributed by atoms with Crippen LogP contribution in [0.3, 0.4) is 0 Å². The van der Waals surface area contributed by atoms with Gasteiger partial charge in [-0.15, -0.1) is 0 Å². The number of H-pyrrole nitrogens is 1. The van der Waals surface area contributed by atoms with Gasteiger partial charge < -0.3 is 10.6 Å². The van der Waals surface area contributed by atoms with E-state index in [4.69, 9.17) is 0 Å². The first-order valence-corrected chi connectivity index (χ1v) is 9.73. The summed E-state index contributed by atoms with van der Waals surface area (Å²) in [6.45, 7) is 0.372. The minimum atomic E-state index is -0.262. The molecular formula is C19H17N7OS. The number of aromatic amines is 1. The molecule has 9 heteroatoms. The lowest BCUT2D eigenvalue weighted by molar-refractivity contribution is 0.0951. The molecule has 0 spiro atoms. The van der Waals surface area contributed by atoms with Crippen LogP contribution in [-0.2, 0) is 6.54 Å². The highest BCUT2D eigenvalue weighted by Gasteiger charge is 2.15. The molecule has 0 radical (unpaired) electrons. The molecule has 3 heterocycles. The number of amides is 1. The summed E-state index contributed by atoms with van der Waals surface area (Å²) in [4.78, 5) is 25.5. The Balaban J connectivity index is 1.58. The zero-order valence-electron chi connectivity index (χ0n) is 15.0. The number of benzene rings is 1. The smallest absolute Gasteiger partial charge is 0.256 e. The fourth-order valence-electron chi connectivity index (χ4n) is 2.66. The van der Waals surface area contributed by atoms with Gasteiger partial charge in [0.15, 0.2) is 5.16 Å². The van der Waals surface area contributed by atoms with Crippen LogP contribution in [0.25, 0.3) is 10.9 Å². The average molecular weight is 391 g/mol. The van der Waals surface area contributed by atoms with E-state index in [0.717, 1.165) is 22.2 Å². The lowest BCUT2D eigenvalue weighted by Crippen LogP contribution is -2.24. The van der Waals surface area contributed by atoms with E-state index in [0.29, 0.717) is 23.1 Å². The van der Waals surface area contributed by atoms with Crippen LogP contribution in [0.2, 0.25) is 0 Å². The van der Waals surface area contributed by atoms with E-state index < -0.39 is 0 Å². The van der Waals surface area contributed by atoms with Gasteiger partial charge in [-0.2, -0.15) is 5.10 Å². The Bertz CT molecular complexity index is 1110. The van der Waals surface area contributed by atoms with Crippen molar-refractivity contribution in [1.29, 1.82) is 0 Å². The van der Waals surface area contributed by atoms with Crippen LogP contribution in [0.15, 0.2) is 60.3 Å². The Kier molecular flexibility index (Phi) is 5.16. The Morgan fingerprint density at radius 1 is 1.21 bits per heavy atom. The van der Waals surface area contributed by atoms with Crippen molar-refractivity contribution in [2.45, 2.75) is 11.7 Å². The monoisotopic (exact) mass is 391 g/mol.